The maximum atomic E-state index is 14.1. The number of sulfonamides is 1. The van der Waals surface area contributed by atoms with Crippen LogP contribution >= 0.6 is 0 Å². The number of benzene rings is 2. The molecule has 0 saturated heterocycles. The number of hydrogen-bond donors (Lipinski definition) is 2. The summed E-state index contributed by atoms with van der Waals surface area (Å²) in [6, 6.07) is 17.6. The third-order valence-corrected chi connectivity index (χ3v) is 8.38. The Bertz CT molecular complexity index is 1260. The van der Waals surface area contributed by atoms with Crippen LogP contribution in [-0.4, -0.2) is 48.7 Å². The summed E-state index contributed by atoms with van der Waals surface area (Å²) in [5.41, 5.74) is 1.14. The van der Waals surface area contributed by atoms with Gasteiger partial charge < -0.3 is 14.8 Å². The van der Waals surface area contributed by atoms with Crippen molar-refractivity contribution >= 4 is 27.6 Å². The van der Waals surface area contributed by atoms with E-state index in [1.165, 1.54) is 10.5 Å². The quantitative estimate of drug-likeness (QED) is 0.336. The van der Waals surface area contributed by atoms with Gasteiger partial charge in [0.05, 0.1) is 11.9 Å². The summed E-state index contributed by atoms with van der Waals surface area (Å²) in [5, 5.41) is 9.75. The van der Waals surface area contributed by atoms with E-state index in [4.69, 9.17) is 9.52 Å². The van der Waals surface area contributed by atoms with Gasteiger partial charge in [0.15, 0.2) is 11.0 Å². The monoisotopic (exact) mass is 513 g/mol. The molecule has 0 radical (unpaired) electrons. The molecule has 9 nitrogen and oxygen atoms in total. The van der Waals surface area contributed by atoms with E-state index in [0.29, 0.717) is 23.4 Å². The van der Waals surface area contributed by atoms with Gasteiger partial charge >= 0.3 is 6.09 Å². The lowest BCUT2D eigenvalue weighted by Gasteiger charge is -2.33. The van der Waals surface area contributed by atoms with Crippen molar-refractivity contribution < 1.29 is 27.5 Å². The van der Waals surface area contributed by atoms with Crippen LogP contribution in [0.15, 0.2) is 71.3 Å². The van der Waals surface area contributed by atoms with Gasteiger partial charge in [0.25, 0.3) is 5.89 Å². The van der Waals surface area contributed by atoms with E-state index in [9.17, 15) is 18.0 Å². The van der Waals surface area contributed by atoms with Crippen molar-refractivity contribution in [1.29, 1.82) is 0 Å². The Morgan fingerprint density at radius 3 is 2.25 bits per heavy atom. The summed E-state index contributed by atoms with van der Waals surface area (Å²) in [6.07, 6.45) is 0.696. The first-order valence-electron chi connectivity index (χ1n) is 11.8. The Morgan fingerprint density at radius 2 is 1.67 bits per heavy atom. The number of ketones is 1. The highest BCUT2D eigenvalue weighted by molar-refractivity contribution is 7.94. The number of carbonyl (C=O) groups excluding carboxylic acids is 1. The summed E-state index contributed by atoms with van der Waals surface area (Å²) in [7, 11) is -4.26. The Balaban J connectivity index is 2.05. The Labute approximate surface area is 211 Å². The third-order valence-electron chi connectivity index (χ3n) is 6.08. The zero-order valence-electron chi connectivity index (χ0n) is 20.5. The number of carbonyl (C=O) groups is 2. The molecule has 0 aliphatic heterocycles. The van der Waals surface area contributed by atoms with Crippen LogP contribution in [0.1, 0.15) is 37.9 Å². The van der Waals surface area contributed by atoms with Crippen molar-refractivity contribution in [1.82, 2.24) is 10.3 Å². The van der Waals surface area contributed by atoms with E-state index in [1.807, 2.05) is 25.1 Å². The second-order valence-electron chi connectivity index (χ2n) is 8.66. The number of para-hydroxylation sites is 1. The average Bonchev–Trinajstić information content (AvgIpc) is 3.37. The average molecular weight is 514 g/mol. The van der Waals surface area contributed by atoms with Crippen LogP contribution in [-0.2, 0) is 10.0 Å². The van der Waals surface area contributed by atoms with Crippen molar-refractivity contribution in [2.24, 2.45) is 11.8 Å². The maximum absolute atomic E-state index is 14.1. The van der Waals surface area contributed by atoms with Crippen molar-refractivity contribution in [3.63, 3.8) is 0 Å². The summed E-state index contributed by atoms with van der Waals surface area (Å²) in [5.74, 6) is -1.98. The first-order chi connectivity index (χ1) is 17.2. The zero-order valence-corrected chi connectivity index (χ0v) is 21.3. The fraction of sp³-hybridized carbons (Fsp3) is 0.346. The first-order valence-corrected chi connectivity index (χ1v) is 13.3. The number of carboxylic acid groups (broad SMARTS) is 1. The Hall–Kier alpha value is -3.66. The number of nitrogens with zero attached hydrogens (tertiary/aromatic N) is 2. The van der Waals surface area contributed by atoms with E-state index in [1.54, 1.807) is 56.3 Å². The Morgan fingerprint density at radius 1 is 1.06 bits per heavy atom. The van der Waals surface area contributed by atoms with Crippen LogP contribution in [0.4, 0.5) is 10.5 Å². The molecule has 0 unspecified atom stereocenters. The van der Waals surface area contributed by atoms with E-state index in [-0.39, 0.29) is 19.0 Å². The summed E-state index contributed by atoms with van der Waals surface area (Å²) in [4.78, 5) is 28.9. The molecule has 0 fully saturated rings. The Kier molecular flexibility index (Phi) is 8.87. The molecule has 3 atom stereocenters. The highest BCUT2D eigenvalue weighted by atomic mass is 32.2. The number of rotatable bonds is 12. The minimum atomic E-state index is -4.26. The molecule has 0 bridgehead atoms. The number of oxazole rings is 1. The molecule has 0 aliphatic carbocycles. The molecule has 1 amide bonds. The van der Waals surface area contributed by atoms with Gasteiger partial charge in [-0.15, -0.1) is 0 Å². The van der Waals surface area contributed by atoms with Crippen LogP contribution in [0.5, 0.6) is 0 Å². The molecule has 0 spiro atoms. The van der Waals surface area contributed by atoms with Crippen LogP contribution < -0.4 is 9.62 Å². The number of amides is 1. The fourth-order valence-corrected chi connectivity index (χ4v) is 6.27. The van der Waals surface area contributed by atoms with Gasteiger partial charge in [-0.05, 0) is 30.4 Å². The highest BCUT2D eigenvalue weighted by Crippen LogP contribution is 2.31. The lowest BCUT2D eigenvalue weighted by Crippen LogP contribution is -2.49. The minimum absolute atomic E-state index is 0.0181. The van der Waals surface area contributed by atoms with Crippen LogP contribution in [0.25, 0.3) is 11.3 Å². The lowest BCUT2D eigenvalue weighted by molar-refractivity contribution is 0.0923. The van der Waals surface area contributed by atoms with Gasteiger partial charge in [0, 0.05) is 18.7 Å². The largest absolute Gasteiger partial charge is 0.465 e. The molecule has 36 heavy (non-hydrogen) atoms. The molecule has 1 heterocycles. The van der Waals surface area contributed by atoms with Crippen molar-refractivity contribution in [3.8, 4) is 11.3 Å². The van der Waals surface area contributed by atoms with E-state index >= 15 is 0 Å². The SMILES string of the molecule is CCCN(c1ccccc1)S(=O)(=O)[C@H](C(=O)c1ncc(-c2ccccc2)o1)[C@@H](C)[C@@H](C)CNC(=O)O. The van der Waals surface area contributed by atoms with E-state index in [2.05, 4.69) is 10.3 Å². The smallest absolute Gasteiger partial charge is 0.404 e. The molecule has 192 valence electrons. The molecule has 3 aromatic rings. The summed E-state index contributed by atoms with van der Waals surface area (Å²) < 4.78 is 35.2. The second kappa shape index (κ2) is 11.9. The number of nitrogens with one attached hydrogen (secondary N) is 1. The second-order valence-corrected chi connectivity index (χ2v) is 10.6. The predicted octanol–water partition coefficient (Wildman–Crippen LogP) is 4.68. The number of anilines is 1. The molecule has 2 N–H and O–H groups in total. The molecule has 2 aromatic carbocycles. The van der Waals surface area contributed by atoms with Crippen molar-refractivity contribution in [2.75, 3.05) is 17.4 Å². The van der Waals surface area contributed by atoms with E-state index in [0.717, 1.165) is 0 Å². The normalized spacial score (nSPS) is 14.0. The van der Waals surface area contributed by atoms with Crippen molar-refractivity contribution in [2.45, 2.75) is 32.4 Å². The first kappa shape index (κ1) is 26.9. The topological polar surface area (TPSA) is 130 Å². The summed E-state index contributed by atoms with van der Waals surface area (Å²) >= 11 is 0. The summed E-state index contributed by atoms with van der Waals surface area (Å²) in [6.45, 7) is 5.34. The van der Waals surface area contributed by atoms with Gasteiger partial charge in [-0.3, -0.25) is 9.10 Å². The predicted molar refractivity (Wildman–Crippen MR) is 137 cm³/mol. The van der Waals surface area contributed by atoms with E-state index < -0.39 is 39.0 Å². The highest BCUT2D eigenvalue weighted by Gasteiger charge is 2.45. The minimum Gasteiger partial charge on any atom is -0.465 e. The fourth-order valence-electron chi connectivity index (χ4n) is 3.96. The standard InChI is InChI=1S/C26H31N3O6S/c1-4-15-29(21-13-9-6-10-14-21)36(33,34)24(19(3)18(2)16-28-26(31)32)23(30)25-27-17-22(35-25)20-11-7-5-8-12-20/h5-14,17-19,24,28H,4,15-16H2,1-3H3,(H,31,32)/t18-,19-,24-/m0/s1. The van der Waals surface area contributed by atoms with Gasteiger partial charge in [-0.25, -0.2) is 18.2 Å². The molecule has 3 rings (SSSR count). The van der Waals surface area contributed by atoms with Gasteiger partial charge in [0.1, 0.15) is 0 Å². The number of hydrogen-bond acceptors (Lipinski definition) is 6. The number of Topliss-reactive ketones (excluding diaryl/α,β-unsaturated/α-hetero) is 1. The van der Waals surface area contributed by atoms with Crippen LogP contribution in [0.3, 0.4) is 0 Å². The van der Waals surface area contributed by atoms with Gasteiger partial charge in [-0.2, -0.15) is 0 Å². The molecular weight excluding hydrogens is 482 g/mol. The molecule has 0 aliphatic rings. The molecular formula is C26H31N3O6S. The molecule has 1 aromatic heterocycles. The zero-order chi connectivity index (χ0) is 26.3. The van der Waals surface area contributed by atoms with Crippen LogP contribution in [0.2, 0.25) is 0 Å². The maximum Gasteiger partial charge on any atom is 0.404 e. The van der Waals surface area contributed by atoms with Crippen LogP contribution in [0, 0.1) is 11.8 Å². The molecule has 10 heteroatoms. The molecule has 0 saturated carbocycles. The lowest BCUT2D eigenvalue weighted by atomic mass is 9.90. The van der Waals surface area contributed by atoms with Crippen molar-refractivity contribution in [3.05, 3.63) is 72.8 Å². The third kappa shape index (κ3) is 6.12. The van der Waals surface area contributed by atoms with Gasteiger partial charge in [-0.1, -0.05) is 69.3 Å². The number of aromatic nitrogens is 1. The van der Waals surface area contributed by atoms with Gasteiger partial charge in [0.2, 0.25) is 15.8 Å².